The number of ketones is 1. The van der Waals surface area contributed by atoms with Crippen LogP contribution < -0.4 is 10.2 Å². The van der Waals surface area contributed by atoms with Crippen molar-refractivity contribution in [2.45, 2.75) is 0 Å². The molecule has 0 bridgehead atoms. The number of ether oxygens (including phenoxy) is 1. The van der Waals surface area contributed by atoms with Gasteiger partial charge < -0.3 is 9.84 Å². The Morgan fingerprint density at radius 3 is 2.36 bits per heavy atom. The number of hydrogen-bond donors (Lipinski definition) is 2. The normalized spacial score (nSPS) is 10.7. The number of fused-ring (bicyclic) bond motifs is 1. The number of benzene rings is 4. The number of carbonyl (C=O) groups excluding carboxylic acids is 1. The number of rotatable bonds is 5. The Kier molecular flexibility index (Phi) is 5.77. The molecule has 4 aromatic carbocycles. The molecule has 0 unspecified atom stereocenters. The van der Waals surface area contributed by atoms with Crippen LogP contribution in [0.15, 0.2) is 91.0 Å². The predicted octanol–water partition coefficient (Wildman–Crippen LogP) is 4.99. The summed E-state index contributed by atoms with van der Waals surface area (Å²) in [5, 5.41) is 35.7. The Bertz CT molecular complexity index is 1720. The van der Waals surface area contributed by atoms with Crippen molar-refractivity contribution in [1.82, 2.24) is 9.78 Å². The summed E-state index contributed by atoms with van der Waals surface area (Å²) >= 11 is 0. The summed E-state index contributed by atoms with van der Waals surface area (Å²) in [5.41, 5.74) is 1.13. The standard InChI is InChI=1S/C29H20N4O3/c1-36-21-14-12-20(13-15-21)33-29(31)24(17-30)25(19-8-3-2-4-9-19)26(32-33)28(35)23-16-11-18-7-5-6-10-22(18)27(23)34/h2-16,31,34H,1H3. The van der Waals surface area contributed by atoms with Crippen molar-refractivity contribution in [2.24, 2.45) is 0 Å². The maximum atomic E-state index is 13.9. The molecule has 5 rings (SSSR count). The fourth-order valence-electron chi connectivity index (χ4n) is 4.17. The minimum atomic E-state index is -0.559. The number of aromatic nitrogens is 2. The van der Waals surface area contributed by atoms with Gasteiger partial charge in [-0.15, -0.1) is 0 Å². The highest BCUT2D eigenvalue weighted by atomic mass is 16.5. The second-order valence-corrected chi connectivity index (χ2v) is 8.05. The van der Waals surface area contributed by atoms with Crippen molar-refractivity contribution in [2.75, 3.05) is 7.11 Å². The molecule has 0 aliphatic heterocycles. The summed E-state index contributed by atoms with van der Waals surface area (Å²) in [6.07, 6.45) is 0. The first-order chi connectivity index (χ1) is 17.5. The van der Waals surface area contributed by atoms with Gasteiger partial charge in [0.15, 0.2) is 5.49 Å². The summed E-state index contributed by atoms with van der Waals surface area (Å²) in [7, 11) is 1.55. The summed E-state index contributed by atoms with van der Waals surface area (Å²) in [5.74, 6) is -0.107. The third-order valence-electron chi connectivity index (χ3n) is 5.99. The van der Waals surface area contributed by atoms with Gasteiger partial charge in [0.1, 0.15) is 28.8 Å². The molecule has 0 saturated carbocycles. The highest BCUT2D eigenvalue weighted by Crippen LogP contribution is 2.33. The second-order valence-electron chi connectivity index (χ2n) is 8.05. The number of nitriles is 1. The van der Waals surface area contributed by atoms with E-state index in [1.54, 1.807) is 79.9 Å². The van der Waals surface area contributed by atoms with Gasteiger partial charge in [-0.25, -0.2) is 4.68 Å². The van der Waals surface area contributed by atoms with Gasteiger partial charge in [-0.3, -0.25) is 10.2 Å². The molecular formula is C29H20N4O3. The van der Waals surface area contributed by atoms with Crippen LogP contribution in [0.1, 0.15) is 21.6 Å². The molecule has 2 N–H and O–H groups in total. The van der Waals surface area contributed by atoms with Crippen LogP contribution in [0, 0.1) is 16.7 Å². The van der Waals surface area contributed by atoms with Gasteiger partial charge in [0.2, 0.25) is 5.78 Å². The molecule has 0 aliphatic carbocycles. The molecule has 36 heavy (non-hydrogen) atoms. The maximum absolute atomic E-state index is 13.9. The molecule has 1 aromatic heterocycles. The largest absolute Gasteiger partial charge is 0.507 e. The van der Waals surface area contributed by atoms with E-state index in [1.807, 2.05) is 18.2 Å². The lowest BCUT2D eigenvalue weighted by atomic mass is 9.94. The Morgan fingerprint density at radius 2 is 1.67 bits per heavy atom. The Morgan fingerprint density at radius 1 is 0.972 bits per heavy atom. The minimum absolute atomic E-state index is 0.00403. The lowest BCUT2D eigenvalue weighted by molar-refractivity contribution is 0.103. The van der Waals surface area contributed by atoms with Crippen LogP contribution in [-0.2, 0) is 0 Å². The fraction of sp³-hybridized carbons (Fsp3) is 0.0345. The summed E-state index contributed by atoms with van der Waals surface area (Å²) in [6, 6.07) is 28.3. The molecule has 0 saturated heterocycles. The third-order valence-corrected chi connectivity index (χ3v) is 5.99. The summed E-state index contributed by atoms with van der Waals surface area (Å²) < 4.78 is 6.46. The van der Waals surface area contributed by atoms with Crippen LogP contribution in [0.3, 0.4) is 0 Å². The van der Waals surface area contributed by atoms with E-state index in [0.717, 1.165) is 5.39 Å². The molecule has 0 amide bonds. The van der Waals surface area contributed by atoms with Crippen molar-refractivity contribution in [3.63, 3.8) is 0 Å². The smallest absolute Gasteiger partial charge is 0.217 e. The van der Waals surface area contributed by atoms with Gasteiger partial charge in [0.25, 0.3) is 0 Å². The van der Waals surface area contributed by atoms with E-state index in [1.165, 1.54) is 4.68 Å². The lowest BCUT2D eigenvalue weighted by Gasteiger charge is -2.16. The molecule has 0 radical (unpaired) electrons. The van der Waals surface area contributed by atoms with Gasteiger partial charge in [0.05, 0.1) is 18.4 Å². The first kappa shape index (κ1) is 22.6. The molecule has 0 aliphatic rings. The van der Waals surface area contributed by atoms with E-state index in [2.05, 4.69) is 11.2 Å². The molecule has 0 fully saturated rings. The molecule has 1 heterocycles. The number of carbonyl (C=O) groups is 1. The highest BCUT2D eigenvalue weighted by Gasteiger charge is 2.26. The minimum Gasteiger partial charge on any atom is -0.507 e. The van der Waals surface area contributed by atoms with Crippen LogP contribution in [0.2, 0.25) is 0 Å². The van der Waals surface area contributed by atoms with E-state index in [4.69, 9.17) is 10.1 Å². The molecule has 5 aromatic rings. The molecule has 0 spiro atoms. The Labute approximate surface area is 206 Å². The zero-order chi connectivity index (χ0) is 25.2. The summed E-state index contributed by atoms with van der Waals surface area (Å²) in [6.45, 7) is 0. The molecule has 7 nitrogen and oxygen atoms in total. The number of aromatic hydroxyl groups is 1. The molecule has 174 valence electrons. The average molecular weight is 473 g/mol. The number of methoxy groups -OCH3 is 1. The Balaban J connectivity index is 1.81. The van der Waals surface area contributed by atoms with Gasteiger partial charge in [-0.1, -0.05) is 60.7 Å². The van der Waals surface area contributed by atoms with Gasteiger partial charge in [-0.05, 0) is 41.3 Å². The quantitative estimate of drug-likeness (QED) is 0.350. The van der Waals surface area contributed by atoms with Crippen LogP contribution in [0.25, 0.3) is 27.6 Å². The zero-order valence-corrected chi connectivity index (χ0v) is 19.3. The third kappa shape index (κ3) is 3.77. The topological polar surface area (TPSA) is 112 Å². The van der Waals surface area contributed by atoms with Gasteiger partial charge in [-0.2, -0.15) is 10.4 Å². The number of phenols is 1. The van der Waals surface area contributed by atoms with Gasteiger partial charge >= 0.3 is 0 Å². The van der Waals surface area contributed by atoms with Crippen molar-refractivity contribution in [1.29, 1.82) is 10.7 Å². The number of nitrogens with one attached hydrogen (secondary N) is 1. The zero-order valence-electron chi connectivity index (χ0n) is 19.3. The number of phenolic OH excluding ortho intramolecular Hbond substituents is 1. The van der Waals surface area contributed by atoms with Crippen molar-refractivity contribution in [3.05, 3.63) is 113 Å². The van der Waals surface area contributed by atoms with Crippen LogP contribution in [0.5, 0.6) is 11.5 Å². The van der Waals surface area contributed by atoms with Gasteiger partial charge in [0, 0.05) is 10.9 Å². The Hall–Kier alpha value is -5.22. The second kappa shape index (κ2) is 9.20. The highest BCUT2D eigenvalue weighted by molar-refractivity contribution is 6.15. The van der Waals surface area contributed by atoms with Crippen LogP contribution in [-0.4, -0.2) is 27.8 Å². The first-order valence-corrected chi connectivity index (χ1v) is 11.1. The van der Waals surface area contributed by atoms with Crippen molar-refractivity contribution in [3.8, 4) is 34.4 Å². The lowest BCUT2D eigenvalue weighted by Crippen LogP contribution is -2.28. The molecular weight excluding hydrogens is 452 g/mol. The van der Waals surface area contributed by atoms with E-state index in [0.29, 0.717) is 22.4 Å². The van der Waals surface area contributed by atoms with E-state index in [-0.39, 0.29) is 33.6 Å². The van der Waals surface area contributed by atoms with E-state index >= 15 is 0 Å². The van der Waals surface area contributed by atoms with E-state index in [9.17, 15) is 15.2 Å². The molecule has 0 atom stereocenters. The SMILES string of the molecule is COc1ccc(-n2nc(C(=O)c3ccc4ccccc4c3O)c(-c3ccccc3)c(C#N)c2=N)cc1. The number of hydrogen-bond acceptors (Lipinski definition) is 6. The maximum Gasteiger partial charge on any atom is 0.217 e. The van der Waals surface area contributed by atoms with Crippen LogP contribution in [0.4, 0.5) is 0 Å². The molecule has 7 heteroatoms. The summed E-state index contributed by atoms with van der Waals surface area (Å²) in [4.78, 5) is 13.9. The average Bonchev–Trinajstić information content (AvgIpc) is 2.93. The predicted molar refractivity (Wildman–Crippen MR) is 135 cm³/mol. The van der Waals surface area contributed by atoms with Crippen molar-refractivity contribution >= 4 is 16.6 Å². The first-order valence-electron chi connectivity index (χ1n) is 11.1. The van der Waals surface area contributed by atoms with Crippen molar-refractivity contribution < 1.29 is 14.6 Å². The van der Waals surface area contributed by atoms with E-state index < -0.39 is 5.78 Å². The van der Waals surface area contributed by atoms with Crippen LogP contribution >= 0.6 is 0 Å². The monoisotopic (exact) mass is 472 g/mol. The fourth-order valence-corrected chi connectivity index (χ4v) is 4.17. The number of nitrogens with zero attached hydrogens (tertiary/aromatic N) is 3.